The Morgan fingerprint density at radius 3 is 2.78 bits per heavy atom. The smallest absolute Gasteiger partial charge is 0.338 e. The standard InChI is InChI=1S/C19H24N2O6/c1-12(22)16-19(11-15(23)27-16)7-2-8-21(18(19)25)9-10-26-17(24)13-3-5-14(20)6-4-13/h3-6,12,16,22H,2,7-11,20H2,1H3/t12-,16+,19+/m1/s1. The number of cyclic esters (lactones) is 1. The van der Waals surface area contributed by atoms with Crippen LogP contribution in [0.2, 0.25) is 0 Å². The van der Waals surface area contributed by atoms with Crippen LogP contribution in [0.25, 0.3) is 0 Å². The van der Waals surface area contributed by atoms with Gasteiger partial charge in [0, 0.05) is 12.2 Å². The molecule has 2 aliphatic rings. The van der Waals surface area contributed by atoms with Gasteiger partial charge in [-0.25, -0.2) is 4.79 Å². The number of anilines is 1. The molecule has 3 rings (SSSR count). The number of nitrogens with zero attached hydrogens (tertiary/aromatic N) is 1. The number of amides is 1. The van der Waals surface area contributed by atoms with Crippen LogP contribution in [-0.2, 0) is 19.1 Å². The van der Waals surface area contributed by atoms with Gasteiger partial charge in [0.05, 0.1) is 30.0 Å². The third-order valence-electron chi connectivity index (χ3n) is 5.21. The first-order chi connectivity index (χ1) is 12.8. The molecule has 1 spiro atoms. The van der Waals surface area contributed by atoms with Crippen molar-refractivity contribution in [2.45, 2.75) is 38.4 Å². The highest BCUT2D eigenvalue weighted by atomic mass is 16.6. The summed E-state index contributed by atoms with van der Waals surface area (Å²) in [4.78, 5) is 38.4. The summed E-state index contributed by atoms with van der Waals surface area (Å²) >= 11 is 0. The molecule has 1 aromatic rings. The molecular formula is C19H24N2O6. The molecule has 1 amide bonds. The number of ether oxygens (including phenoxy) is 2. The second-order valence-corrected chi connectivity index (χ2v) is 7.14. The maximum absolute atomic E-state index is 13.0. The topological polar surface area (TPSA) is 119 Å². The molecule has 0 saturated carbocycles. The van der Waals surface area contributed by atoms with E-state index in [4.69, 9.17) is 15.2 Å². The van der Waals surface area contributed by atoms with E-state index in [9.17, 15) is 19.5 Å². The molecule has 27 heavy (non-hydrogen) atoms. The zero-order chi connectivity index (χ0) is 19.6. The van der Waals surface area contributed by atoms with Gasteiger partial charge in [-0.1, -0.05) is 0 Å². The highest BCUT2D eigenvalue weighted by molar-refractivity contribution is 5.91. The van der Waals surface area contributed by atoms with E-state index < -0.39 is 29.6 Å². The Morgan fingerprint density at radius 1 is 1.41 bits per heavy atom. The number of aliphatic hydroxyl groups is 1. The molecule has 8 nitrogen and oxygen atoms in total. The molecule has 2 heterocycles. The lowest BCUT2D eigenvalue weighted by atomic mass is 9.72. The first-order valence-corrected chi connectivity index (χ1v) is 9.03. The molecule has 0 aliphatic carbocycles. The predicted octanol–water partition coefficient (Wildman–Crippen LogP) is 0.731. The number of esters is 2. The lowest BCUT2D eigenvalue weighted by Crippen LogP contribution is -2.55. The summed E-state index contributed by atoms with van der Waals surface area (Å²) in [6.45, 7) is 2.30. The van der Waals surface area contributed by atoms with Crippen LogP contribution in [0.1, 0.15) is 36.5 Å². The first-order valence-electron chi connectivity index (χ1n) is 9.03. The van der Waals surface area contributed by atoms with E-state index in [2.05, 4.69) is 0 Å². The van der Waals surface area contributed by atoms with Gasteiger partial charge < -0.3 is 25.2 Å². The normalized spacial score (nSPS) is 26.1. The van der Waals surface area contributed by atoms with Crippen molar-refractivity contribution >= 4 is 23.5 Å². The van der Waals surface area contributed by atoms with Gasteiger partial charge in [0.15, 0.2) is 0 Å². The lowest BCUT2D eigenvalue weighted by Gasteiger charge is -2.41. The lowest BCUT2D eigenvalue weighted by molar-refractivity contribution is -0.158. The van der Waals surface area contributed by atoms with Crippen molar-refractivity contribution in [2.24, 2.45) is 5.41 Å². The van der Waals surface area contributed by atoms with E-state index in [0.29, 0.717) is 30.6 Å². The van der Waals surface area contributed by atoms with Gasteiger partial charge in [0.25, 0.3) is 0 Å². The Morgan fingerprint density at radius 2 is 2.11 bits per heavy atom. The summed E-state index contributed by atoms with van der Waals surface area (Å²) in [6, 6.07) is 6.38. The number of nitrogens with two attached hydrogens (primary N) is 1. The van der Waals surface area contributed by atoms with Crippen LogP contribution < -0.4 is 5.73 Å². The molecule has 3 N–H and O–H groups in total. The molecule has 0 aromatic heterocycles. The minimum absolute atomic E-state index is 0.0247. The van der Waals surface area contributed by atoms with Crippen molar-refractivity contribution in [3.8, 4) is 0 Å². The molecule has 0 bridgehead atoms. The number of benzene rings is 1. The van der Waals surface area contributed by atoms with Crippen molar-refractivity contribution < 1.29 is 29.0 Å². The van der Waals surface area contributed by atoms with Crippen molar-refractivity contribution in [1.29, 1.82) is 0 Å². The number of carbonyl (C=O) groups excluding carboxylic acids is 3. The number of rotatable bonds is 5. The summed E-state index contributed by atoms with van der Waals surface area (Å²) in [5.41, 5.74) is 5.50. The zero-order valence-corrected chi connectivity index (χ0v) is 15.2. The fraction of sp³-hybridized carbons (Fsp3) is 0.526. The van der Waals surface area contributed by atoms with E-state index in [1.807, 2.05) is 0 Å². The second-order valence-electron chi connectivity index (χ2n) is 7.14. The van der Waals surface area contributed by atoms with Crippen LogP contribution >= 0.6 is 0 Å². The molecule has 3 atom stereocenters. The maximum atomic E-state index is 13.0. The van der Waals surface area contributed by atoms with E-state index in [1.54, 1.807) is 29.2 Å². The van der Waals surface area contributed by atoms with Crippen LogP contribution in [-0.4, -0.2) is 59.8 Å². The largest absolute Gasteiger partial charge is 0.460 e. The minimum Gasteiger partial charge on any atom is -0.460 e. The zero-order valence-electron chi connectivity index (χ0n) is 15.2. The summed E-state index contributed by atoms with van der Waals surface area (Å²) in [5.74, 6) is -1.18. The third kappa shape index (κ3) is 3.75. The Hall–Kier alpha value is -2.61. The molecule has 1 aromatic carbocycles. The van der Waals surface area contributed by atoms with Crippen LogP contribution in [0.15, 0.2) is 24.3 Å². The summed E-state index contributed by atoms with van der Waals surface area (Å²) in [7, 11) is 0. The maximum Gasteiger partial charge on any atom is 0.338 e. The monoisotopic (exact) mass is 376 g/mol. The van der Waals surface area contributed by atoms with Crippen LogP contribution in [0.3, 0.4) is 0 Å². The third-order valence-corrected chi connectivity index (χ3v) is 5.21. The number of piperidine rings is 1. The number of carbonyl (C=O) groups is 3. The Bertz CT molecular complexity index is 732. The average molecular weight is 376 g/mol. The highest BCUT2D eigenvalue weighted by Crippen LogP contribution is 2.45. The molecule has 8 heteroatoms. The van der Waals surface area contributed by atoms with Gasteiger partial charge >= 0.3 is 11.9 Å². The molecule has 2 saturated heterocycles. The number of nitrogen functional groups attached to an aromatic ring is 1. The van der Waals surface area contributed by atoms with E-state index >= 15 is 0 Å². The van der Waals surface area contributed by atoms with Gasteiger partial charge in [-0.15, -0.1) is 0 Å². The Labute approximate surface area is 157 Å². The van der Waals surface area contributed by atoms with E-state index in [0.717, 1.165) is 0 Å². The van der Waals surface area contributed by atoms with Gasteiger partial charge in [0.1, 0.15) is 12.7 Å². The van der Waals surface area contributed by atoms with Gasteiger partial charge in [-0.05, 0) is 44.0 Å². The number of aliphatic hydroxyl groups excluding tert-OH is 1. The summed E-state index contributed by atoms with van der Waals surface area (Å²) < 4.78 is 10.5. The second kappa shape index (κ2) is 7.56. The van der Waals surface area contributed by atoms with Gasteiger partial charge in [0.2, 0.25) is 5.91 Å². The molecule has 0 radical (unpaired) electrons. The SMILES string of the molecule is C[C@@H](O)[C@@H]1OC(=O)C[C@@]12CCCN(CCOC(=O)c1ccc(N)cc1)C2=O. The molecule has 0 unspecified atom stereocenters. The van der Waals surface area contributed by atoms with Crippen LogP contribution in [0.5, 0.6) is 0 Å². The predicted molar refractivity (Wildman–Crippen MR) is 95.6 cm³/mol. The Kier molecular flexibility index (Phi) is 5.36. The van der Waals surface area contributed by atoms with Crippen LogP contribution in [0.4, 0.5) is 5.69 Å². The fourth-order valence-corrected chi connectivity index (χ4v) is 3.92. The average Bonchev–Trinajstić information content (AvgIpc) is 2.96. The number of hydrogen-bond acceptors (Lipinski definition) is 7. The quantitative estimate of drug-likeness (QED) is 0.574. The van der Waals surface area contributed by atoms with E-state index in [-0.39, 0.29) is 25.5 Å². The Balaban J connectivity index is 1.61. The van der Waals surface area contributed by atoms with E-state index in [1.165, 1.54) is 6.92 Å². The molecule has 146 valence electrons. The van der Waals surface area contributed by atoms with Gasteiger partial charge in [-0.3, -0.25) is 9.59 Å². The fourth-order valence-electron chi connectivity index (χ4n) is 3.92. The van der Waals surface area contributed by atoms with Crippen molar-refractivity contribution in [1.82, 2.24) is 4.90 Å². The van der Waals surface area contributed by atoms with Crippen molar-refractivity contribution in [3.63, 3.8) is 0 Å². The van der Waals surface area contributed by atoms with Crippen LogP contribution in [0, 0.1) is 5.41 Å². The van der Waals surface area contributed by atoms with Crippen molar-refractivity contribution in [2.75, 3.05) is 25.4 Å². The first kappa shape index (κ1) is 19.2. The van der Waals surface area contributed by atoms with Crippen molar-refractivity contribution in [3.05, 3.63) is 29.8 Å². The molecular weight excluding hydrogens is 352 g/mol. The molecule has 2 fully saturated rings. The summed E-state index contributed by atoms with van der Waals surface area (Å²) in [6.07, 6.45) is -0.600. The number of hydrogen-bond donors (Lipinski definition) is 2. The number of likely N-dealkylation sites (tertiary alicyclic amines) is 1. The summed E-state index contributed by atoms with van der Waals surface area (Å²) in [5, 5.41) is 9.96. The minimum atomic E-state index is -1.02. The molecule has 2 aliphatic heterocycles. The van der Waals surface area contributed by atoms with Gasteiger partial charge in [-0.2, -0.15) is 0 Å². The highest BCUT2D eigenvalue weighted by Gasteiger charge is 2.58.